The van der Waals surface area contributed by atoms with Crippen molar-refractivity contribution in [2.75, 3.05) is 12.3 Å². The third-order valence-corrected chi connectivity index (χ3v) is 3.19. The fourth-order valence-electron chi connectivity index (χ4n) is 1.87. The highest BCUT2D eigenvalue weighted by atomic mass is 16.1. The van der Waals surface area contributed by atoms with E-state index in [0.29, 0.717) is 23.7 Å². The summed E-state index contributed by atoms with van der Waals surface area (Å²) in [5.74, 6) is 0.419. The van der Waals surface area contributed by atoms with Crippen LogP contribution in [0.2, 0.25) is 0 Å². The summed E-state index contributed by atoms with van der Waals surface area (Å²) in [4.78, 5) is 15.9. The van der Waals surface area contributed by atoms with Gasteiger partial charge in [-0.25, -0.2) is 0 Å². The number of aromatic nitrogens is 1. The number of nitrogen functional groups attached to an aromatic ring is 1. The number of carbonyl (C=O) groups excluding carboxylic acids is 1. The van der Waals surface area contributed by atoms with Crippen LogP contribution in [-0.4, -0.2) is 17.4 Å². The number of nitrogens with one attached hydrogen (secondary N) is 1. The monoisotopic (exact) mass is 249 g/mol. The quantitative estimate of drug-likeness (QED) is 0.780. The summed E-state index contributed by atoms with van der Waals surface area (Å²) in [6.45, 7) is 5.05. The summed E-state index contributed by atoms with van der Waals surface area (Å²) in [5.41, 5.74) is 6.68. The second kappa shape index (κ2) is 7.69. The van der Waals surface area contributed by atoms with Crippen LogP contribution in [0.15, 0.2) is 18.5 Å². The van der Waals surface area contributed by atoms with Gasteiger partial charge in [-0.1, -0.05) is 33.1 Å². The van der Waals surface area contributed by atoms with Crippen molar-refractivity contribution in [1.82, 2.24) is 10.3 Å². The average Bonchev–Trinajstić information content (AvgIpc) is 2.39. The number of pyridine rings is 1. The highest BCUT2D eigenvalue weighted by Crippen LogP contribution is 2.12. The molecule has 1 unspecified atom stereocenters. The van der Waals surface area contributed by atoms with E-state index in [1.807, 2.05) is 0 Å². The van der Waals surface area contributed by atoms with Crippen molar-refractivity contribution in [3.63, 3.8) is 0 Å². The molecular weight excluding hydrogens is 226 g/mol. The lowest BCUT2D eigenvalue weighted by Crippen LogP contribution is -2.29. The van der Waals surface area contributed by atoms with E-state index in [4.69, 9.17) is 5.73 Å². The van der Waals surface area contributed by atoms with E-state index in [0.717, 1.165) is 12.8 Å². The minimum Gasteiger partial charge on any atom is -0.398 e. The highest BCUT2D eigenvalue weighted by molar-refractivity contribution is 5.98. The number of unbranched alkanes of at least 4 members (excludes halogenated alkanes) is 1. The zero-order valence-corrected chi connectivity index (χ0v) is 11.3. The van der Waals surface area contributed by atoms with Crippen molar-refractivity contribution in [3.8, 4) is 0 Å². The number of anilines is 1. The maximum absolute atomic E-state index is 11.9. The summed E-state index contributed by atoms with van der Waals surface area (Å²) in [6.07, 6.45) is 7.75. The van der Waals surface area contributed by atoms with Gasteiger partial charge in [0.05, 0.1) is 5.56 Å². The van der Waals surface area contributed by atoms with Crippen LogP contribution in [-0.2, 0) is 0 Å². The number of amides is 1. The Morgan fingerprint density at radius 1 is 1.50 bits per heavy atom. The Bertz CT molecular complexity index is 379. The van der Waals surface area contributed by atoms with Gasteiger partial charge in [0.15, 0.2) is 0 Å². The highest BCUT2D eigenvalue weighted by Gasteiger charge is 2.12. The topological polar surface area (TPSA) is 68.0 Å². The molecule has 18 heavy (non-hydrogen) atoms. The molecule has 0 saturated heterocycles. The Morgan fingerprint density at radius 2 is 2.28 bits per heavy atom. The van der Waals surface area contributed by atoms with Gasteiger partial charge in [0.1, 0.15) is 0 Å². The average molecular weight is 249 g/mol. The van der Waals surface area contributed by atoms with Gasteiger partial charge in [-0.15, -0.1) is 0 Å². The summed E-state index contributed by atoms with van der Waals surface area (Å²) in [6, 6.07) is 1.64. The molecule has 0 aromatic carbocycles. The summed E-state index contributed by atoms with van der Waals surface area (Å²) in [7, 11) is 0. The first-order chi connectivity index (χ1) is 8.69. The SMILES string of the molecule is CCCCC(CC)CNC(=O)c1cnccc1N. The Balaban J connectivity index is 2.47. The zero-order chi connectivity index (χ0) is 13.4. The number of nitrogens with two attached hydrogens (primary N) is 1. The number of hydrogen-bond donors (Lipinski definition) is 2. The van der Waals surface area contributed by atoms with Crippen LogP contribution >= 0.6 is 0 Å². The van der Waals surface area contributed by atoms with Crippen LogP contribution in [0.4, 0.5) is 5.69 Å². The molecule has 3 N–H and O–H groups in total. The third-order valence-electron chi connectivity index (χ3n) is 3.19. The van der Waals surface area contributed by atoms with Crippen molar-refractivity contribution in [2.24, 2.45) is 5.92 Å². The molecule has 0 aliphatic rings. The molecule has 1 amide bonds. The van der Waals surface area contributed by atoms with E-state index in [-0.39, 0.29) is 5.91 Å². The molecule has 4 heteroatoms. The molecule has 0 aliphatic carbocycles. The number of nitrogens with zero attached hydrogens (tertiary/aromatic N) is 1. The maximum atomic E-state index is 11.9. The molecule has 0 saturated carbocycles. The smallest absolute Gasteiger partial charge is 0.254 e. The molecule has 0 radical (unpaired) electrons. The molecule has 1 heterocycles. The molecule has 0 fully saturated rings. The van der Waals surface area contributed by atoms with Crippen molar-refractivity contribution >= 4 is 11.6 Å². The van der Waals surface area contributed by atoms with Gasteiger partial charge in [0.2, 0.25) is 0 Å². The number of rotatable bonds is 7. The molecule has 0 aliphatic heterocycles. The third kappa shape index (κ3) is 4.35. The minimum atomic E-state index is -0.129. The Kier molecular flexibility index (Phi) is 6.19. The van der Waals surface area contributed by atoms with Gasteiger partial charge in [-0.2, -0.15) is 0 Å². The first-order valence-corrected chi connectivity index (χ1v) is 6.66. The van der Waals surface area contributed by atoms with Gasteiger partial charge >= 0.3 is 0 Å². The maximum Gasteiger partial charge on any atom is 0.254 e. The lowest BCUT2D eigenvalue weighted by molar-refractivity contribution is 0.0946. The minimum absolute atomic E-state index is 0.129. The summed E-state index contributed by atoms with van der Waals surface area (Å²) in [5, 5.41) is 2.94. The van der Waals surface area contributed by atoms with E-state index in [1.54, 1.807) is 12.3 Å². The molecule has 0 spiro atoms. The normalized spacial score (nSPS) is 12.1. The van der Waals surface area contributed by atoms with Crippen LogP contribution in [0.1, 0.15) is 49.9 Å². The van der Waals surface area contributed by atoms with Crippen molar-refractivity contribution in [1.29, 1.82) is 0 Å². The molecule has 1 rings (SSSR count). The molecule has 100 valence electrons. The molecule has 4 nitrogen and oxygen atoms in total. The van der Waals surface area contributed by atoms with Gasteiger partial charge in [0, 0.05) is 24.6 Å². The molecule has 1 aromatic rings. The van der Waals surface area contributed by atoms with Gasteiger partial charge in [-0.3, -0.25) is 9.78 Å². The van der Waals surface area contributed by atoms with Crippen LogP contribution in [0.5, 0.6) is 0 Å². The lowest BCUT2D eigenvalue weighted by atomic mass is 9.99. The number of carbonyl (C=O) groups is 1. The van der Waals surface area contributed by atoms with Crippen molar-refractivity contribution < 1.29 is 4.79 Å². The standard InChI is InChI=1S/C14H23N3O/c1-3-5-6-11(4-2)9-17-14(18)12-10-16-8-7-13(12)15/h7-8,10-11H,3-6,9H2,1-2H3,(H2,15,16)(H,17,18). The molecule has 0 bridgehead atoms. The molecule has 1 atom stereocenters. The van der Waals surface area contributed by atoms with Crippen molar-refractivity contribution in [3.05, 3.63) is 24.0 Å². The molecular formula is C14H23N3O. The lowest BCUT2D eigenvalue weighted by Gasteiger charge is -2.15. The Morgan fingerprint density at radius 3 is 2.89 bits per heavy atom. The van der Waals surface area contributed by atoms with Gasteiger partial charge < -0.3 is 11.1 Å². The Labute approximate surface area is 109 Å². The predicted octanol–water partition coefficient (Wildman–Crippen LogP) is 2.61. The van der Waals surface area contributed by atoms with E-state index < -0.39 is 0 Å². The molecule has 1 aromatic heterocycles. The van der Waals surface area contributed by atoms with Crippen LogP contribution < -0.4 is 11.1 Å². The second-order valence-electron chi connectivity index (χ2n) is 4.59. The van der Waals surface area contributed by atoms with Crippen LogP contribution in [0.25, 0.3) is 0 Å². The Hall–Kier alpha value is -1.58. The van der Waals surface area contributed by atoms with Crippen LogP contribution in [0, 0.1) is 5.92 Å². The number of hydrogen-bond acceptors (Lipinski definition) is 3. The fourth-order valence-corrected chi connectivity index (χ4v) is 1.87. The first kappa shape index (κ1) is 14.5. The van der Waals surface area contributed by atoms with Crippen molar-refractivity contribution in [2.45, 2.75) is 39.5 Å². The largest absolute Gasteiger partial charge is 0.398 e. The van der Waals surface area contributed by atoms with E-state index in [2.05, 4.69) is 24.1 Å². The first-order valence-electron chi connectivity index (χ1n) is 6.66. The van der Waals surface area contributed by atoms with Gasteiger partial charge in [-0.05, 0) is 18.4 Å². The second-order valence-corrected chi connectivity index (χ2v) is 4.59. The predicted molar refractivity (Wildman–Crippen MR) is 74.3 cm³/mol. The summed E-state index contributed by atoms with van der Waals surface area (Å²) >= 11 is 0. The summed E-state index contributed by atoms with van der Waals surface area (Å²) < 4.78 is 0. The fraction of sp³-hybridized carbons (Fsp3) is 0.571. The van der Waals surface area contributed by atoms with Gasteiger partial charge in [0.25, 0.3) is 5.91 Å². The van der Waals surface area contributed by atoms with E-state index >= 15 is 0 Å². The van der Waals surface area contributed by atoms with Crippen LogP contribution in [0.3, 0.4) is 0 Å². The van der Waals surface area contributed by atoms with E-state index in [9.17, 15) is 4.79 Å². The van der Waals surface area contributed by atoms with E-state index in [1.165, 1.54) is 19.0 Å². The zero-order valence-electron chi connectivity index (χ0n) is 11.3.